The van der Waals surface area contributed by atoms with Crippen molar-refractivity contribution in [2.45, 2.75) is 38.3 Å². The molecule has 4 N–H and O–H groups in total. The number of nitrogens with one attached hydrogen (secondary N) is 4. The van der Waals surface area contributed by atoms with Gasteiger partial charge in [-0.1, -0.05) is 17.3 Å². The van der Waals surface area contributed by atoms with Crippen LogP contribution in [0, 0.1) is 0 Å². The minimum absolute atomic E-state index is 0.0464. The van der Waals surface area contributed by atoms with Crippen molar-refractivity contribution in [1.82, 2.24) is 50.1 Å². The van der Waals surface area contributed by atoms with Gasteiger partial charge in [-0.15, -0.1) is 15.3 Å². The Morgan fingerprint density at radius 3 is 2.60 bits per heavy atom. The molecule has 2 saturated heterocycles. The van der Waals surface area contributed by atoms with Gasteiger partial charge >= 0.3 is 0 Å². The molecule has 2 fully saturated rings. The summed E-state index contributed by atoms with van der Waals surface area (Å²) in [6.07, 6.45) is 6.10. The highest BCUT2D eigenvalue weighted by Gasteiger charge is 2.30. The average molecular weight is 774 g/mol. The molecule has 292 valence electrons. The van der Waals surface area contributed by atoms with E-state index in [1.54, 1.807) is 37.0 Å². The van der Waals surface area contributed by atoms with Crippen LogP contribution < -0.4 is 31.7 Å². The van der Waals surface area contributed by atoms with Crippen molar-refractivity contribution in [3.05, 3.63) is 89.5 Å². The number of hydrogen-bond acceptors (Lipinski definition) is 14. The maximum Gasteiger partial charge on any atom is 0.278 e. The van der Waals surface area contributed by atoms with Gasteiger partial charge in [-0.3, -0.25) is 33.7 Å². The third kappa shape index (κ3) is 8.12. The Balaban J connectivity index is 0.765. The predicted octanol–water partition coefficient (Wildman–Crippen LogP) is 1.74. The highest BCUT2D eigenvalue weighted by molar-refractivity contribution is 5.99. The molecule has 0 saturated carbocycles. The molecule has 0 aliphatic carbocycles. The van der Waals surface area contributed by atoms with Crippen molar-refractivity contribution >= 4 is 57.4 Å². The van der Waals surface area contributed by atoms with Gasteiger partial charge in [0.05, 0.1) is 30.9 Å². The molecule has 2 aliphatic heterocycles. The second-order valence-corrected chi connectivity index (χ2v) is 13.7. The van der Waals surface area contributed by atoms with Crippen LogP contribution in [0.1, 0.15) is 37.5 Å². The van der Waals surface area contributed by atoms with Crippen LogP contribution >= 0.6 is 0 Å². The lowest BCUT2D eigenvalue weighted by Gasteiger charge is -2.36. The molecule has 19 nitrogen and oxygen atoms in total. The molecule has 4 aromatic heterocycles. The monoisotopic (exact) mass is 773 g/mol. The topological polar surface area (TPSA) is 227 Å². The molecular weight excluding hydrogens is 735 g/mol. The number of furan rings is 1. The number of fused-ring (bicyclic) bond motifs is 2. The second kappa shape index (κ2) is 16.3. The Morgan fingerprint density at radius 1 is 0.965 bits per heavy atom. The van der Waals surface area contributed by atoms with Crippen LogP contribution in [0.4, 0.5) is 17.2 Å². The maximum absolute atomic E-state index is 13.1. The van der Waals surface area contributed by atoms with E-state index >= 15 is 0 Å². The Hall–Kier alpha value is -7.18. The number of amides is 4. The van der Waals surface area contributed by atoms with Gasteiger partial charge in [0.15, 0.2) is 5.65 Å². The van der Waals surface area contributed by atoms with Crippen LogP contribution in [-0.2, 0) is 25.7 Å². The lowest BCUT2D eigenvalue weighted by atomic mass is 10.1. The van der Waals surface area contributed by atoms with Crippen molar-refractivity contribution in [2.24, 2.45) is 0 Å². The smallest absolute Gasteiger partial charge is 0.278 e. The lowest BCUT2D eigenvalue weighted by Crippen LogP contribution is -2.48. The zero-order valence-electron chi connectivity index (χ0n) is 30.8. The van der Waals surface area contributed by atoms with Gasteiger partial charge in [0.1, 0.15) is 35.2 Å². The summed E-state index contributed by atoms with van der Waals surface area (Å²) in [5.74, 6) is 0.334. The minimum Gasteiger partial charge on any atom is -0.467 e. The molecule has 0 radical (unpaired) electrons. The van der Waals surface area contributed by atoms with Crippen LogP contribution in [0.2, 0.25) is 0 Å². The molecule has 8 rings (SSSR count). The second-order valence-electron chi connectivity index (χ2n) is 13.7. The molecule has 57 heavy (non-hydrogen) atoms. The van der Waals surface area contributed by atoms with Crippen LogP contribution in [0.3, 0.4) is 0 Å². The van der Waals surface area contributed by atoms with Crippen molar-refractivity contribution < 1.29 is 23.6 Å². The molecule has 19 heteroatoms. The fourth-order valence-electron chi connectivity index (χ4n) is 6.94. The molecular formula is C38H39N13O6. The number of carbonyl (C=O) groups is 4. The van der Waals surface area contributed by atoms with Crippen molar-refractivity contribution in [3.8, 4) is 11.3 Å². The molecule has 6 aromatic rings. The van der Waals surface area contributed by atoms with Gasteiger partial charge in [-0.25, -0.2) is 4.98 Å². The van der Waals surface area contributed by atoms with E-state index in [4.69, 9.17) is 4.42 Å². The number of imide groups is 1. The van der Waals surface area contributed by atoms with Gasteiger partial charge in [-0.05, 0) is 55.3 Å². The van der Waals surface area contributed by atoms with Crippen molar-refractivity contribution in [3.63, 3.8) is 0 Å². The number of carbonyl (C=O) groups excluding carboxylic acids is 4. The fraction of sp³-hybridized carbons (Fsp3) is 0.316. The van der Waals surface area contributed by atoms with Gasteiger partial charge in [0, 0.05) is 62.5 Å². The molecule has 0 bridgehead atoms. The van der Waals surface area contributed by atoms with E-state index in [1.165, 1.54) is 0 Å². The first kappa shape index (κ1) is 36.8. The first-order chi connectivity index (χ1) is 27.8. The Bertz CT molecular complexity index is 2490. The van der Waals surface area contributed by atoms with Gasteiger partial charge < -0.3 is 30.2 Å². The fourth-order valence-corrected chi connectivity index (χ4v) is 6.94. The number of benzene rings is 2. The Labute approximate surface area is 324 Å². The Morgan fingerprint density at radius 2 is 1.81 bits per heavy atom. The zero-order chi connectivity index (χ0) is 39.3. The summed E-state index contributed by atoms with van der Waals surface area (Å²) in [4.78, 5) is 71.3. The maximum atomic E-state index is 13.1. The third-order valence-electron chi connectivity index (χ3n) is 10.0. The Kier molecular flexibility index (Phi) is 10.5. The molecule has 4 amide bonds. The van der Waals surface area contributed by atoms with E-state index in [1.807, 2.05) is 33.6 Å². The molecule has 2 aromatic carbocycles. The minimum atomic E-state index is -0.931. The highest BCUT2D eigenvalue weighted by Crippen LogP contribution is 2.27. The average Bonchev–Trinajstić information content (AvgIpc) is 3.95. The van der Waals surface area contributed by atoms with E-state index in [-0.39, 0.29) is 36.6 Å². The summed E-state index contributed by atoms with van der Waals surface area (Å²) in [5.41, 5.74) is 3.63. The quantitative estimate of drug-likeness (QED) is 0.0969. The van der Waals surface area contributed by atoms with E-state index in [9.17, 15) is 24.0 Å². The third-order valence-corrected chi connectivity index (χ3v) is 10.0. The lowest BCUT2D eigenvalue weighted by molar-refractivity contribution is -0.136. The number of piperazine rings is 1. The first-order valence-corrected chi connectivity index (χ1v) is 18.6. The summed E-state index contributed by atoms with van der Waals surface area (Å²) >= 11 is 0. The van der Waals surface area contributed by atoms with E-state index in [0.29, 0.717) is 74.7 Å². The summed E-state index contributed by atoms with van der Waals surface area (Å²) in [5, 5.41) is 27.9. The highest BCUT2D eigenvalue weighted by atomic mass is 16.3. The number of piperidine rings is 1. The summed E-state index contributed by atoms with van der Waals surface area (Å²) < 4.78 is 8.26. The zero-order valence-corrected chi connectivity index (χ0v) is 30.8. The molecule has 0 spiro atoms. The summed E-state index contributed by atoms with van der Waals surface area (Å²) in [6.45, 7) is 3.38. The molecule has 1 unspecified atom stereocenters. The largest absolute Gasteiger partial charge is 0.467 e. The molecule has 6 heterocycles. The normalized spacial score (nSPS) is 15.8. The molecule has 2 aliphatic rings. The van der Waals surface area contributed by atoms with Crippen LogP contribution in [0.25, 0.3) is 27.8 Å². The van der Waals surface area contributed by atoms with Gasteiger partial charge in [-0.2, -0.15) is 4.68 Å². The van der Waals surface area contributed by atoms with Crippen LogP contribution in [-0.4, -0.2) is 102 Å². The van der Waals surface area contributed by atoms with Gasteiger partial charge in [0.2, 0.25) is 17.7 Å². The van der Waals surface area contributed by atoms with Crippen LogP contribution in [0.15, 0.2) is 82.6 Å². The number of aromatic nitrogens is 7. The number of anilines is 3. The number of hydrogen-bond donors (Lipinski definition) is 4. The SMILES string of the molecule is O=C(CNc1ccc2nnn(C3CCC(=O)NC3=O)c(=O)c2c1)NCCCC(=O)N1CCN(c2ccc(-c3ncc(NCc4ccco4)n4cnnc34)cc2)CC1. The van der Waals surface area contributed by atoms with Crippen molar-refractivity contribution in [1.29, 1.82) is 0 Å². The van der Waals surface area contributed by atoms with Gasteiger partial charge in [0.25, 0.3) is 11.5 Å². The van der Waals surface area contributed by atoms with E-state index in [2.05, 4.69) is 63.8 Å². The summed E-state index contributed by atoms with van der Waals surface area (Å²) in [7, 11) is 0. The summed E-state index contributed by atoms with van der Waals surface area (Å²) in [6, 6.07) is 15.8. The molecule has 1 atom stereocenters. The van der Waals surface area contributed by atoms with Crippen LogP contribution in [0.5, 0.6) is 0 Å². The predicted molar refractivity (Wildman–Crippen MR) is 207 cm³/mol. The first-order valence-electron chi connectivity index (χ1n) is 18.6. The van der Waals surface area contributed by atoms with E-state index < -0.39 is 23.4 Å². The van der Waals surface area contributed by atoms with E-state index in [0.717, 1.165) is 27.5 Å². The number of rotatable bonds is 13. The van der Waals surface area contributed by atoms with Crippen molar-refractivity contribution in [2.75, 3.05) is 54.8 Å². The number of nitrogens with zero attached hydrogens (tertiary/aromatic N) is 9. The standard InChI is InChI=1S/C38H39N13O6/c52-32-12-11-30(37(55)44-32)51-38(56)28-19-25(7-10-29(28)45-47-51)40-22-33(53)39-13-1-4-34(54)49-16-14-48(15-17-49)26-8-5-24(6-9-26)35-36-46-43-23-50(36)31(21-42-35)41-20-27-3-2-18-57-27/h2-3,5-10,18-19,21,23,30,40-41H,1,4,11-17,20,22H2,(H,39,53)(H,44,52,55).